The summed E-state index contributed by atoms with van der Waals surface area (Å²) in [4.78, 5) is 13.6. The lowest BCUT2D eigenvalue weighted by molar-refractivity contribution is -0.133. The van der Waals surface area contributed by atoms with Crippen LogP contribution in [0.1, 0.15) is 18.9 Å². The molecule has 1 amide bonds. The van der Waals surface area contributed by atoms with Gasteiger partial charge in [-0.2, -0.15) is 0 Å². The van der Waals surface area contributed by atoms with Crippen LogP contribution in [0.25, 0.3) is 0 Å². The molecule has 1 aromatic rings. The van der Waals surface area contributed by atoms with Crippen LogP contribution in [0.15, 0.2) is 29.4 Å². The van der Waals surface area contributed by atoms with Gasteiger partial charge in [-0.25, -0.2) is 0 Å². The van der Waals surface area contributed by atoms with Crippen LogP contribution in [-0.2, 0) is 4.79 Å². The number of aliphatic hydroxyl groups excluding tert-OH is 1. The fourth-order valence-corrected chi connectivity index (χ4v) is 1.81. The number of carbonyl (C=O) groups is 1. The minimum atomic E-state index is -0.180. The lowest BCUT2D eigenvalue weighted by Crippen LogP contribution is -2.36. The molecule has 0 bridgehead atoms. The lowest BCUT2D eigenvalue weighted by Gasteiger charge is -2.20. The highest BCUT2D eigenvalue weighted by Crippen LogP contribution is 2.17. The Kier molecular flexibility index (Phi) is 7.03. The van der Waals surface area contributed by atoms with Crippen molar-refractivity contribution in [3.63, 3.8) is 0 Å². The van der Waals surface area contributed by atoms with Gasteiger partial charge in [0, 0.05) is 19.7 Å². The number of nitrogens with two attached hydrogens (primary N) is 1. The fraction of sp³-hybridized carbons (Fsp3) is 0.429. The highest BCUT2D eigenvalue weighted by atomic mass is 16.5. The van der Waals surface area contributed by atoms with Gasteiger partial charge >= 0.3 is 0 Å². The number of amidine groups is 1. The van der Waals surface area contributed by atoms with Gasteiger partial charge in [0.25, 0.3) is 5.91 Å². The minimum absolute atomic E-state index is 0.0387. The Bertz CT molecular complexity index is 491. The van der Waals surface area contributed by atoms with Crippen LogP contribution in [0.3, 0.4) is 0 Å². The van der Waals surface area contributed by atoms with E-state index in [1.807, 2.05) is 6.92 Å². The molecule has 0 unspecified atom stereocenters. The van der Waals surface area contributed by atoms with Crippen molar-refractivity contribution in [3.05, 3.63) is 29.8 Å². The number of likely N-dealkylation sites (N-methyl/N-ethyl adjacent to an activating group) is 1. The van der Waals surface area contributed by atoms with Gasteiger partial charge in [0.05, 0.1) is 5.56 Å². The van der Waals surface area contributed by atoms with Crippen LogP contribution in [0.2, 0.25) is 0 Å². The van der Waals surface area contributed by atoms with Crippen molar-refractivity contribution in [1.29, 1.82) is 0 Å². The summed E-state index contributed by atoms with van der Waals surface area (Å²) in [6.07, 6.45) is 0.528. The molecule has 21 heavy (non-hydrogen) atoms. The Hall–Kier alpha value is -2.28. The smallest absolute Gasteiger partial charge is 0.260 e. The molecule has 1 aromatic carbocycles. The number of hydrogen-bond donors (Lipinski definition) is 3. The van der Waals surface area contributed by atoms with Crippen LogP contribution in [-0.4, -0.2) is 53.3 Å². The van der Waals surface area contributed by atoms with Crippen LogP contribution in [0.4, 0.5) is 0 Å². The summed E-state index contributed by atoms with van der Waals surface area (Å²) < 4.78 is 5.46. The number of oxime groups is 1. The van der Waals surface area contributed by atoms with Gasteiger partial charge in [-0.3, -0.25) is 4.79 Å². The number of hydrogen-bond acceptors (Lipinski definition) is 5. The number of carbonyl (C=O) groups excluding carboxylic acids is 1. The van der Waals surface area contributed by atoms with Crippen LogP contribution in [0, 0.1) is 0 Å². The van der Waals surface area contributed by atoms with E-state index in [1.165, 1.54) is 0 Å². The zero-order chi connectivity index (χ0) is 15.7. The number of rotatable bonds is 8. The van der Waals surface area contributed by atoms with Crippen LogP contribution >= 0.6 is 0 Å². The molecule has 0 heterocycles. The number of para-hydroxylation sites is 1. The summed E-state index contributed by atoms with van der Waals surface area (Å²) in [5.74, 6) is 0.116. The molecule has 0 aliphatic carbocycles. The molecule has 0 fully saturated rings. The number of ether oxygens (including phenoxy) is 1. The van der Waals surface area contributed by atoms with Gasteiger partial charge in [-0.1, -0.05) is 17.3 Å². The highest BCUT2D eigenvalue weighted by Gasteiger charge is 2.14. The zero-order valence-electron chi connectivity index (χ0n) is 12.0. The summed E-state index contributed by atoms with van der Waals surface area (Å²) in [5, 5.41) is 20.5. The molecule has 7 heteroatoms. The van der Waals surface area contributed by atoms with Crippen molar-refractivity contribution in [2.45, 2.75) is 13.3 Å². The molecule has 0 saturated heterocycles. The van der Waals surface area contributed by atoms with Gasteiger partial charge in [-0.05, 0) is 25.5 Å². The average molecular weight is 295 g/mol. The predicted molar refractivity (Wildman–Crippen MR) is 78.4 cm³/mol. The quantitative estimate of drug-likeness (QED) is 0.278. The van der Waals surface area contributed by atoms with Gasteiger partial charge in [-0.15, -0.1) is 0 Å². The van der Waals surface area contributed by atoms with E-state index in [9.17, 15) is 4.79 Å². The van der Waals surface area contributed by atoms with E-state index in [-0.39, 0.29) is 25.0 Å². The summed E-state index contributed by atoms with van der Waals surface area (Å²) in [6, 6.07) is 6.74. The Morgan fingerprint density at radius 3 is 2.76 bits per heavy atom. The van der Waals surface area contributed by atoms with Crippen LogP contribution < -0.4 is 10.5 Å². The van der Waals surface area contributed by atoms with Gasteiger partial charge in [0.2, 0.25) is 0 Å². The number of benzene rings is 1. The van der Waals surface area contributed by atoms with E-state index < -0.39 is 0 Å². The molecule has 0 aliphatic rings. The maximum absolute atomic E-state index is 12.0. The van der Waals surface area contributed by atoms with Crippen molar-refractivity contribution in [3.8, 4) is 5.75 Å². The van der Waals surface area contributed by atoms with Gasteiger partial charge in [0.1, 0.15) is 5.75 Å². The Morgan fingerprint density at radius 1 is 1.43 bits per heavy atom. The Morgan fingerprint density at radius 2 is 2.14 bits per heavy atom. The second kappa shape index (κ2) is 8.80. The predicted octanol–water partition coefficient (Wildman–Crippen LogP) is 0.391. The van der Waals surface area contributed by atoms with Crippen molar-refractivity contribution in [1.82, 2.24) is 4.90 Å². The van der Waals surface area contributed by atoms with E-state index in [2.05, 4.69) is 5.16 Å². The molecule has 0 saturated carbocycles. The average Bonchev–Trinajstić information content (AvgIpc) is 2.53. The maximum atomic E-state index is 12.0. The molecule has 0 spiro atoms. The first-order chi connectivity index (χ1) is 10.1. The van der Waals surface area contributed by atoms with Crippen LogP contribution in [0.5, 0.6) is 5.75 Å². The monoisotopic (exact) mass is 295 g/mol. The van der Waals surface area contributed by atoms with E-state index in [4.69, 9.17) is 20.8 Å². The first kappa shape index (κ1) is 16.8. The first-order valence-electron chi connectivity index (χ1n) is 6.72. The number of nitrogens with zero attached hydrogens (tertiary/aromatic N) is 2. The lowest BCUT2D eigenvalue weighted by atomic mass is 10.2. The Balaban J connectivity index is 2.68. The molecular weight excluding hydrogens is 274 g/mol. The third-order valence-electron chi connectivity index (χ3n) is 2.94. The summed E-state index contributed by atoms with van der Waals surface area (Å²) in [6.45, 7) is 2.78. The number of aliphatic hydroxyl groups is 1. The fourth-order valence-electron chi connectivity index (χ4n) is 1.81. The summed E-state index contributed by atoms with van der Waals surface area (Å²) in [5.41, 5.74) is 5.97. The van der Waals surface area contributed by atoms with E-state index in [1.54, 1.807) is 29.2 Å². The standard InChI is InChI=1S/C14H21N3O4/c1-2-17(8-5-9-18)13(19)10-21-12-7-4-3-6-11(12)14(15)16-20/h3-4,6-7,18,20H,2,5,8-10H2,1H3,(H2,15,16). The molecule has 7 nitrogen and oxygen atoms in total. The molecule has 0 atom stereocenters. The third-order valence-corrected chi connectivity index (χ3v) is 2.94. The van der Waals surface area contributed by atoms with E-state index in [0.29, 0.717) is 30.8 Å². The van der Waals surface area contributed by atoms with Crippen molar-refractivity contribution < 1.29 is 19.8 Å². The molecule has 4 N–H and O–H groups in total. The van der Waals surface area contributed by atoms with Gasteiger partial charge in [0.15, 0.2) is 12.4 Å². The first-order valence-corrected chi connectivity index (χ1v) is 6.72. The minimum Gasteiger partial charge on any atom is -0.483 e. The van der Waals surface area contributed by atoms with Crippen molar-refractivity contribution >= 4 is 11.7 Å². The molecule has 0 aliphatic heterocycles. The van der Waals surface area contributed by atoms with Gasteiger partial charge < -0.3 is 25.7 Å². The molecular formula is C14H21N3O4. The number of amides is 1. The summed E-state index contributed by atoms with van der Waals surface area (Å²) >= 11 is 0. The molecule has 0 aromatic heterocycles. The van der Waals surface area contributed by atoms with Crippen molar-refractivity contribution in [2.24, 2.45) is 10.9 Å². The van der Waals surface area contributed by atoms with E-state index in [0.717, 1.165) is 0 Å². The topological polar surface area (TPSA) is 108 Å². The third kappa shape index (κ3) is 4.96. The van der Waals surface area contributed by atoms with Crippen molar-refractivity contribution in [2.75, 3.05) is 26.3 Å². The molecule has 1 rings (SSSR count). The maximum Gasteiger partial charge on any atom is 0.260 e. The Labute approximate surface area is 123 Å². The largest absolute Gasteiger partial charge is 0.483 e. The second-order valence-electron chi connectivity index (χ2n) is 4.32. The van der Waals surface area contributed by atoms with E-state index >= 15 is 0 Å². The molecule has 116 valence electrons. The normalized spacial score (nSPS) is 11.2. The SMILES string of the molecule is CCN(CCCO)C(=O)COc1ccccc1/C(N)=N/O. The highest BCUT2D eigenvalue weighted by molar-refractivity contribution is 5.99. The zero-order valence-corrected chi connectivity index (χ0v) is 12.0. The second-order valence-corrected chi connectivity index (χ2v) is 4.32. The molecule has 0 radical (unpaired) electrons. The summed E-state index contributed by atoms with van der Waals surface area (Å²) in [7, 11) is 0.